The molecule has 36 heavy (non-hydrogen) atoms. The molecule has 0 spiro atoms. The molecule has 1 aliphatic heterocycles. The molecule has 4 rings (SSSR count). The maximum absolute atomic E-state index is 13.0. The number of carbonyl (C=O) groups excluding carboxylic acids is 1. The predicted octanol–water partition coefficient (Wildman–Crippen LogP) is 4.48. The van der Waals surface area contributed by atoms with Gasteiger partial charge < -0.3 is 20.7 Å². The molecule has 1 aromatic carbocycles. The number of anilines is 1. The summed E-state index contributed by atoms with van der Waals surface area (Å²) >= 11 is 0. The van der Waals surface area contributed by atoms with Crippen LogP contribution in [0.3, 0.4) is 0 Å². The van der Waals surface area contributed by atoms with Crippen LogP contribution in [-0.2, 0) is 6.18 Å². The lowest BCUT2D eigenvalue weighted by Gasteiger charge is -2.32. The number of pyridine rings is 1. The van der Waals surface area contributed by atoms with Crippen molar-refractivity contribution < 1.29 is 22.7 Å². The van der Waals surface area contributed by atoms with Crippen molar-refractivity contribution in [2.75, 3.05) is 38.6 Å². The normalized spacial score (nSPS) is 15.4. The Morgan fingerprint density at radius 3 is 2.67 bits per heavy atom. The van der Waals surface area contributed by atoms with Crippen molar-refractivity contribution in [2.45, 2.75) is 44.3 Å². The molecule has 0 atom stereocenters. The molecule has 1 aliphatic rings. The Morgan fingerprint density at radius 2 is 1.97 bits per heavy atom. The number of methoxy groups -OCH3 is 1. The molecule has 3 aromatic rings. The lowest BCUT2D eigenvalue weighted by atomic mass is 10.0. The summed E-state index contributed by atoms with van der Waals surface area (Å²) in [5.74, 6) is -0.398. The van der Waals surface area contributed by atoms with Crippen molar-refractivity contribution in [1.29, 1.82) is 0 Å². The minimum absolute atomic E-state index is 0.274. The van der Waals surface area contributed by atoms with Gasteiger partial charge in [-0.3, -0.25) is 9.48 Å². The Hall–Kier alpha value is -3.18. The second-order valence-electron chi connectivity index (χ2n) is 9.00. The van der Waals surface area contributed by atoms with Crippen LogP contribution in [0.2, 0.25) is 0 Å². The van der Waals surface area contributed by atoms with Crippen molar-refractivity contribution in [3.63, 3.8) is 0 Å². The van der Waals surface area contributed by atoms with E-state index in [2.05, 4.69) is 15.2 Å². The third-order valence-corrected chi connectivity index (χ3v) is 6.47. The zero-order chi connectivity index (χ0) is 25.7. The number of nitrogens with zero attached hydrogens (tertiary/aromatic N) is 4. The van der Waals surface area contributed by atoms with Crippen LogP contribution in [0, 0.1) is 0 Å². The monoisotopic (exact) mass is 504 g/mol. The first kappa shape index (κ1) is 25.9. The number of rotatable bonds is 9. The number of fused-ring (bicyclic) bond motifs is 1. The summed E-state index contributed by atoms with van der Waals surface area (Å²) in [6.07, 6.45) is 2.68. The summed E-state index contributed by atoms with van der Waals surface area (Å²) in [5.41, 5.74) is 5.16. The molecule has 3 heterocycles. The van der Waals surface area contributed by atoms with E-state index in [0.717, 1.165) is 75.8 Å². The SMILES string of the molecule is COc1cc2nn(C3CCN(CCCCCN)CC3)cc2cc1NC(=O)c1cccc(C(F)(F)F)n1. The zero-order valence-electron chi connectivity index (χ0n) is 20.2. The fraction of sp³-hybridized carbons (Fsp3) is 0.480. The number of hydrogen-bond acceptors (Lipinski definition) is 6. The number of alkyl halides is 3. The maximum atomic E-state index is 13.0. The minimum Gasteiger partial charge on any atom is -0.494 e. The number of carbonyl (C=O) groups is 1. The van der Waals surface area contributed by atoms with Crippen LogP contribution >= 0.6 is 0 Å². The first-order valence-corrected chi connectivity index (χ1v) is 12.1. The fourth-order valence-corrected chi connectivity index (χ4v) is 4.49. The van der Waals surface area contributed by atoms with Crippen LogP contribution in [-0.4, -0.2) is 58.9 Å². The lowest BCUT2D eigenvalue weighted by molar-refractivity contribution is -0.141. The number of piperidine rings is 1. The van der Waals surface area contributed by atoms with Crippen molar-refractivity contribution in [3.8, 4) is 5.75 Å². The summed E-state index contributed by atoms with van der Waals surface area (Å²) in [5, 5.41) is 8.15. The first-order chi connectivity index (χ1) is 17.3. The second-order valence-corrected chi connectivity index (χ2v) is 9.00. The van der Waals surface area contributed by atoms with Crippen LogP contribution in [0.25, 0.3) is 10.9 Å². The smallest absolute Gasteiger partial charge is 0.433 e. The number of halogens is 3. The van der Waals surface area contributed by atoms with Crippen molar-refractivity contribution in [1.82, 2.24) is 19.7 Å². The van der Waals surface area contributed by atoms with Gasteiger partial charge in [0.05, 0.1) is 24.4 Å². The van der Waals surface area contributed by atoms with E-state index >= 15 is 0 Å². The zero-order valence-corrected chi connectivity index (χ0v) is 20.2. The van der Waals surface area contributed by atoms with Gasteiger partial charge in [0.15, 0.2) is 0 Å². The molecule has 3 N–H and O–H groups in total. The van der Waals surface area contributed by atoms with E-state index in [1.54, 1.807) is 12.1 Å². The summed E-state index contributed by atoms with van der Waals surface area (Å²) < 4.78 is 46.3. The fourth-order valence-electron chi connectivity index (χ4n) is 4.49. The van der Waals surface area contributed by atoms with Crippen LogP contribution in [0.5, 0.6) is 5.75 Å². The first-order valence-electron chi connectivity index (χ1n) is 12.1. The molecule has 0 aliphatic carbocycles. The molecular formula is C25H31F3N6O2. The molecule has 1 amide bonds. The number of amides is 1. The quantitative estimate of drug-likeness (QED) is 0.417. The third-order valence-electron chi connectivity index (χ3n) is 6.47. The highest BCUT2D eigenvalue weighted by atomic mass is 19.4. The van der Waals surface area contributed by atoms with Gasteiger partial charge in [-0.25, -0.2) is 4.98 Å². The lowest BCUT2D eigenvalue weighted by Crippen LogP contribution is -2.35. The van der Waals surface area contributed by atoms with E-state index in [0.29, 0.717) is 17.0 Å². The van der Waals surface area contributed by atoms with Gasteiger partial charge in [0.1, 0.15) is 17.1 Å². The number of unbranched alkanes of at least 4 members (excludes halogenated alkanes) is 2. The standard InChI is InChI=1S/C25H31F3N6O2/c1-36-22-15-20-17(14-21(22)31-24(35)19-6-5-7-23(30-19)25(26,27)28)16-34(32-20)18-8-12-33(13-9-18)11-4-2-3-10-29/h5-7,14-16,18H,2-4,8-13,29H2,1H3,(H,31,35). The highest BCUT2D eigenvalue weighted by Crippen LogP contribution is 2.32. The van der Waals surface area contributed by atoms with Crippen LogP contribution in [0.4, 0.5) is 18.9 Å². The average molecular weight is 505 g/mol. The van der Waals surface area contributed by atoms with Crippen molar-refractivity contribution in [2.24, 2.45) is 5.73 Å². The Labute approximate surface area is 207 Å². The number of likely N-dealkylation sites (tertiary alicyclic amines) is 1. The number of ether oxygens (including phenoxy) is 1. The highest BCUT2D eigenvalue weighted by molar-refractivity contribution is 6.05. The van der Waals surface area contributed by atoms with Gasteiger partial charge in [-0.2, -0.15) is 18.3 Å². The highest BCUT2D eigenvalue weighted by Gasteiger charge is 2.33. The number of hydrogen-bond donors (Lipinski definition) is 2. The molecule has 1 saturated heterocycles. The Balaban J connectivity index is 1.46. The molecular weight excluding hydrogens is 473 g/mol. The molecule has 0 unspecified atom stereocenters. The molecule has 11 heteroatoms. The van der Waals surface area contributed by atoms with Gasteiger partial charge in [0.2, 0.25) is 0 Å². The molecule has 0 bridgehead atoms. The van der Waals surface area contributed by atoms with Gasteiger partial charge in [0.25, 0.3) is 5.91 Å². The van der Waals surface area contributed by atoms with Gasteiger partial charge in [-0.15, -0.1) is 0 Å². The summed E-state index contributed by atoms with van der Waals surface area (Å²) in [6, 6.07) is 6.92. The van der Waals surface area contributed by atoms with E-state index in [1.165, 1.54) is 13.2 Å². The minimum atomic E-state index is -4.64. The summed E-state index contributed by atoms with van der Waals surface area (Å²) in [6.45, 7) is 3.86. The molecule has 8 nitrogen and oxygen atoms in total. The second kappa shape index (κ2) is 11.3. The van der Waals surface area contributed by atoms with E-state index < -0.39 is 17.8 Å². The van der Waals surface area contributed by atoms with Crippen LogP contribution in [0.15, 0.2) is 36.5 Å². The number of nitrogens with one attached hydrogen (secondary N) is 1. The summed E-state index contributed by atoms with van der Waals surface area (Å²) in [4.78, 5) is 18.6. The number of nitrogens with two attached hydrogens (primary N) is 1. The number of benzene rings is 1. The van der Waals surface area contributed by atoms with E-state index in [1.807, 2.05) is 10.9 Å². The van der Waals surface area contributed by atoms with Gasteiger partial charge in [0, 0.05) is 30.7 Å². The Morgan fingerprint density at radius 1 is 1.19 bits per heavy atom. The maximum Gasteiger partial charge on any atom is 0.433 e. The molecule has 1 fully saturated rings. The van der Waals surface area contributed by atoms with Crippen molar-refractivity contribution >= 4 is 22.5 Å². The predicted molar refractivity (Wildman–Crippen MR) is 131 cm³/mol. The molecule has 194 valence electrons. The van der Waals surface area contributed by atoms with Crippen molar-refractivity contribution in [3.05, 3.63) is 47.9 Å². The van der Waals surface area contributed by atoms with Gasteiger partial charge in [-0.05, 0) is 57.0 Å². The van der Waals surface area contributed by atoms with Gasteiger partial charge >= 0.3 is 6.18 Å². The van der Waals surface area contributed by atoms with Gasteiger partial charge in [-0.1, -0.05) is 12.5 Å². The molecule has 2 aromatic heterocycles. The number of aromatic nitrogens is 3. The van der Waals surface area contributed by atoms with E-state index in [9.17, 15) is 18.0 Å². The molecule has 0 radical (unpaired) electrons. The van der Waals surface area contributed by atoms with Crippen LogP contribution in [0.1, 0.15) is 54.3 Å². The Bertz CT molecular complexity index is 1190. The van der Waals surface area contributed by atoms with E-state index in [-0.39, 0.29) is 11.7 Å². The average Bonchev–Trinajstić information content (AvgIpc) is 3.29. The van der Waals surface area contributed by atoms with E-state index in [4.69, 9.17) is 15.6 Å². The summed E-state index contributed by atoms with van der Waals surface area (Å²) in [7, 11) is 1.46. The van der Waals surface area contributed by atoms with Crippen LogP contribution < -0.4 is 15.8 Å². The molecule has 0 saturated carbocycles. The Kier molecular flexibility index (Phi) is 8.10. The third kappa shape index (κ3) is 6.14. The topological polar surface area (TPSA) is 98.3 Å². The largest absolute Gasteiger partial charge is 0.494 e.